The fourth-order valence-electron chi connectivity index (χ4n) is 3.45. The molecule has 1 aromatic carbocycles. The van der Waals surface area contributed by atoms with Gasteiger partial charge in [-0.2, -0.15) is 0 Å². The normalized spacial score (nSPS) is 10.8. The number of aromatic nitrogens is 3. The zero-order chi connectivity index (χ0) is 23.7. The second kappa shape index (κ2) is 8.70. The predicted octanol–water partition coefficient (Wildman–Crippen LogP) is 4.61. The number of fused-ring (bicyclic) bond motifs is 1. The van der Waals surface area contributed by atoms with Crippen molar-refractivity contribution in [2.75, 3.05) is 24.4 Å². The maximum Gasteiger partial charge on any atom is 0.412 e. The van der Waals surface area contributed by atoms with Crippen molar-refractivity contribution >= 4 is 29.2 Å². The molecule has 0 radical (unpaired) electrons. The zero-order valence-corrected chi connectivity index (χ0v) is 18.6. The van der Waals surface area contributed by atoms with Gasteiger partial charge in [0.25, 0.3) is 5.91 Å². The molecule has 0 saturated carbocycles. The Labute approximate surface area is 189 Å². The predicted molar refractivity (Wildman–Crippen MR) is 123 cm³/mol. The van der Waals surface area contributed by atoms with Crippen LogP contribution in [0.4, 0.5) is 20.7 Å². The molecule has 168 valence electrons. The summed E-state index contributed by atoms with van der Waals surface area (Å²) in [5.74, 6) is -0.392. The molecule has 9 heteroatoms. The molecule has 4 rings (SSSR count). The van der Waals surface area contributed by atoms with E-state index in [4.69, 9.17) is 0 Å². The average molecular weight is 447 g/mol. The van der Waals surface area contributed by atoms with Crippen molar-refractivity contribution in [3.05, 3.63) is 77.5 Å². The lowest BCUT2D eigenvalue weighted by Gasteiger charge is -2.19. The highest BCUT2D eigenvalue weighted by atomic mass is 19.1. The third-order valence-electron chi connectivity index (χ3n) is 5.36. The largest absolute Gasteiger partial charge is 0.453 e. The number of rotatable bonds is 4. The Balaban J connectivity index is 1.69. The van der Waals surface area contributed by atoms with E-state index in [-0.39, 0.29) is 11.5 Å². The van der Waals surface area contributed by atoms with Gasteiger partial charge in [-0.3, -0.25) is 14.5 Å². The highest BCUT2D eigenvalue weighted by Crippen LogP contribution is 2.27. The number of carbonyl (C=O) groups excluding carboxylic acids is 2. The molecule has 8 nitrogen and oxygen atoms in total. The molecule has 0 aliphatic carbocycles. The third kappa shape index (κ3) is 4.25. The Hall–Kier alpha value is -4.27. The Morgan fingerprint density at radius 3 is 2.52 bits per heavy atom. The van der Waals surface area contributed by atoms with Crippen LogP contribution in [0.15, 0.2) is 55.0 Å². The first-order valence-electron chi connectivity index (χ1n) is 10.1. The van der Waals surface area contributed by atoms with Crippen LogP contribution in [0.5, 0.6) is 0 Å². The summed E-state index contributed by atoms with van der Waals surface area (Å²) < 4.78 is 20.4. The third-order valence-corrected chi connectivity index (χ3v) is 5.36. The number of ether oxygens (including phenoxy) is 1. The molecule has 3 aromatic heterocycles. The van der Waals surface area contributed by atoms with Crippen LogP contribution in [0.2, 0.25) is 0 Å². The van der Waals surface area contributed by atoms with Crippen molar-refractivity contribution in [2.24, 2.45) is 0 Å². The molecule has 0 fully saturated rings. The Kier molecular flexibility index (Phi) is 5.78. The minimum absolute atomic E-state index is 0.266. The number of imidazole rings is 1. The molecule has 2 amide bonds. The summed E-state index contributed by atoms with van der Waals surface area (Å²) in [6.45, 7) is 3.55. The van der Waals surface area contributed by atoms with Gasteiger partial charge in [-0.05, 0) is 55.3 Å². The Morgan fingerprint density at radius 2 is 1.85 bits per heavy atom. The topological polar surface area (TPSA) is 88.8 Å². The van der Waals surface area contributed by atoms with Crippen LogP contribution in [0.3, 0.4) is 0 Å². The van der Waals surface area contributed by atoms with Crippen LogP contribution in [-0.2, 0) is 4.74 Å². The number of hydrogen-bond acceptors (Lipinski definition) is 5. The standard InChI is InChI=1S/C24H22FN5O3/c1-14-5-6-16(10-19(14)25)23(31)29(3)18-9-15(2)22-27-12-20(30(22)13-18)17-7-8-21(26-11-17)28-24(32)33-4/h5-13H,1-4H3,(H,26,28,32). The second-order valence-electron chi connectivity index (χ2n) is 7.60. The average Bonchev–Trinajstić information content (AvgIpc) is 3.25. The van der Waals surface area contributed by atoms with Crippen molar-refractivity contribution in [3.8, 4) is 11.3 Å². The van der Waals surface area contributed by atoms with Crippen molar-refractivity contribution < 1.29 is 18.7 Å². The number of nitrogens with zero attached hydrogens (tertiary/aromatic N) is 4. The Morgan fingerprint density at radius 1 is 1.06 bits per heavy atom. The number of carbonyl (C=O) groups is 2. The van der Waals surface area contributed by atoms with Gasteiger partial charge in [0.1, 0.15) is 17.3 Å². The minimum atomic E-state index is -0.605. The number of halogens is 1. The van der Waals surface area contributed by atoms with Crippen LogP contribution >= 0.6 is 0 Å². The van der Waals surface area contributed by atoms with Crippen LogP contribution < -0.4 is 10.2 Å². The zero-order valence-electron chi connectivity index (χ0n) is 18.6. The van der Waals surface area contributed by atoms with Crippen LogP contribution in [0.25, 0.3) is 16.9 Å². The summed E-state index contributed by atoms with van der Waals surface area (Å²) in [5.41, 5.74) is 4.50. The highest BCUT2D eigenvalue weighted by molar-refractivity contribution is 6.05. The summed E-state index contributed by atoms with van der Waals surface area (Å²) in [4.78, 5) is 34.5. The first-order chi connectivity index (χ1) is 15.8. The smallest absolute Gasteiger partial charge is 0.412 e. The second-order valence-corrected chi connectivity index (χ2v) is 7.60. The van der Waals surface area contributed by atoms with E-state index in [0.717, 1.165) is 22.5 Å². The quantitative estimate of drug-likeness (QED) is 0.494. The van der Waals surface area contributed by atoms with Crippen molar-refractivity contribution in [1.29, 1.82) is 0 Å². The van der Waals surface area contributed by atoms with Crippen molar-refractivity contribution in [2.45, 2.75) is 13.8 Å². The van der Waals surface area contributed by atoms with E-state index >= 15 is 0 Å². The highest BCUT2D eigenvalue weighted by Gasteiger charge is 2.18. The number of hydrogen-bond donors (Lipinski definition) is 1. The summed E-state index contributed by atoms with van der Waals surface area (Å²) in [7, 11) is 2.92. The molecule has 0 bridgehead atoms. The number of benzene rings is 1. The van der Waals surface area contributed by atoms with Gasteiger partial charge in [-0.1, -0.05) is 6.07 Å². The van der Waals surface area contributed by atoms with Gasteiger partial charge >= 0.3 is 6.09 Å². The molecule has 33 heavy (non-hydrogen) atoms. The van der Waals surface area contributed by atoms with Crippen LogP contribution in [-0.4, -0.2) is 40.5 Å². The molecule has 0 saturated heterocycles. The van der Waals surface area contributed by atoms with Crippen LogP contribution in [0.1, 0.15) is 21.5 Å². The summed E-state index contributed by atoms with van der Waals surface area (Å²) in [6, 6.07) is 9.76. The number of aryl methyl sites for hydroxylation is 2. The number of nitrogens with one attached hydrogen (secondary N) is 1. The van der Waals surface area contributed by atoms with E-state index in [1.54, 1.807) is 56.8 Å². The first kappa shape index (κ1) is 21.9. The molecule has 0 unspecified atom stereocenters. The molecule has 1 N–H and O–H groups in total. The molecular formula is C24H22FN5O3. The molecule has 4 aromatic rings. The molecular weight excluding hydrogens is 425 g/mol. The van der Waals surface area contributed by atoms with Gasteiger partial charge in [0, 0.05) is 30.6 Å². The van der Waals surface area contributed by atoms with Crippen molar-refractivity contribution in [1.82, 2.24) is 14.4 Å². The fraction of sp³-hybridized carbons (Fsp3) is 0.167. The first-order valence-corrected chi connectivity index (χ1v) is 10.1. The maximum absolute atomic E-state index is 14.0. The minimum Gasteiger partial charge on any atom is -0.453 e. The molecule has 0 spiro atoms. The summed E-state index contributed by atoms with van der Waals surface area (Å²) in [6.07, 6.45) is 4.52. The van der Waals surface area contributed by atoms with Gasteiger partial charge < -0.3 is 9.64 Å². The van der Waals surface area contributed by atoms with Gasteiger partial charge in [-0.15, -0.1) is 0 Å². The van der Waals surface area contributed by atoms with Gasteiger partial charge in [0.15, 0.2) is 0 Å². The number of anilines is 2. The summed E-state index contributed by atoms with van der Waals surface area (Å²) in [5, 5.41) is 2.50. The number of methoxy groups -OCH3 is 1. The molecule has 3 heterocycles. The van der Waals surface area contributed by atoms with Gasteiger partial charge in [-0.25, -0.2) is 19.2 Å². The van der Waals surface area contributed by atoms with Gasteiger partial charge in [0.05, 0.1) is 24.7 Å². The number of pyridine rings is 2. The Bertz CT molecular complexity index is 1360. The molecule has 0 aliphatic rings. The van der Waals surface area contributed by atoms with Crippen molar-refractivity contribution in [3.63, 3.8) is 0 Å². The molecule has 0 atom stereocenters. The lowest BCUT2D eigenvalue weighted by atomic mass is 10.1. The lowest BCUT2D eigenvalue weighted by Crippen LogP contribution is -2.26. The van der Waals surface area contributed by atoms with E-state index in [2.05, 4.69) is 20.0 Å². The maximum atomic E-state index is 14.0. The van der Waals surface area contributed by atoms with Gasteiger partial charge in [0.2, 0.25) is 0 Å². The van der Waals surface area contributed by atoms with E-state index in [0.29, 0.717) is 17.1 Å². The molecule has 0 aliphatic heterocycles. The fourth-order valence-corrected chi connectivity index (χ4v) is 3.45. The van der Waals surface area contributed by atoms with E-state index in [1.807, 2.05) is 17.4 Å². The number of amides is 2. The van der Waals surface area contributed by atoms with E-state index in [1.165, 1.54) is 18.1 Å². The SMILES string of the molecule is COC(=O)Nc1ccc(-c2cnc3c(C)cc(N(C)C(=O)c4ccc(C)c(F)c4)cn23)cn1. The lowest BCUT2D eigenvalue weighted by molar-refractivity contribution is 0.0992. The summed E-state index contributed by atoms with van der Waals surface area (Å²) >= 11 is 0. The van der Waals surface area contributed by atoms with E-state index in [9.17, 15) is 14.0 Å². The van der Waals surface area contributed by atoms with Crippen LogP contribution in [0, 0.1) is 19.7 Å². The van der Waals surface area contributed by atoms with E-state index < -0.39 is 11.9 Å². The monoisotopic (exact) mass is 447 g/mol.